The average Bonchev–Trinajstić information content (AvgIpc) is 2.98. The topological polar surface area (TPSA) is 27.7 Å². The summed E-state index contributed by atoms with van der Waals surface area (Å²) < 4.78 is 22.1. The first-order valence-electron chi connectivity index (χ1n) is 21.3. The summed E-state index contributed by atoms with van der Waals surface area (Å²) in [4.78, 5) is 0. The van der Waals surface area contributed by atoms with Crippen LogP contribution < -0.4 is 0 Å². The van der Waals surface area contributed by atoms with Crippen molar-refractivity contribution in [2.45, 2.75) is 153 Å². The summed E-state index contributed by atoms with van der Waals surface area (Å²) in [5.41, 5.74) is 1.15. The van der Waals surface area contributed by atoms with Crippen LogP contribution >= 0.6 is 0 Å². The van der Waals surface area contributed by atoms with Crippen molar-refractivity contribution in [1.82, 2.24) is 0 Å². The van der Waals surface area contributed by atoms with Crippen molar-refractivity contribution in [3.63, 3.8) is 0 Å². The molecule has 46 heavy (non-hydrogen) atoms. The second-order valence-electron chi connectivity index (χ2n) is 22.1. The molecule has 0 aliphatic heterocycles. The first kappa shape index (κ1) is 28.6. The molecule has 0 aromatic heterocycles. The fraction of sp³-hybridized carbons (Fsp3) is 1.00. The summed E-state index contributed by atoms with van der Waals surface area (Å²) in [6.45, 7) is 3.20. The molecule has 0 N–H and O–H groups in total. The normalized spacial score (nSPS) is 62.6. The van der Waals surface area contributed by atoms with Gasteiger partial charge in [0, 0.05) is 0 Å². The highest BCUT2D eigenvalue weighted by atomic mass is 16.5. The predicted molar refractivity (Wildman–Crippen MR) is 179 cm³/mol. The Morgan fingerprint density at radius 1 is 0.304 bits per heavy atom. The number of rotatable bonds is 9. The number of hydrogen-bond acceptors (Lipinski definition) is 3. The van der Waals surface area contributed by atoms with Crippen LogP contribution in [-0.4, -0.2) is 38.1 Å². The molecule has 3 heteroatoms. The maximum atomic E-state index is 7.36. The summed E-state index contributed by atoms with van der Waals surface area (Å²) in [5.74, 6) is 12.4. The molecule has 16 fully saturated rings. The summed E-state index contributed by atoms with van der Waals surface area (Å²) >= 11 is 0. The van der Waals surface area contributed by atoms with Crippen LogP contribution in [0.4, 0.5) is 0 Å². The fourth-order valence-electron chi connectivity index (χ4n) is 18.8. The van der Waals surface area contributed by atoms with Crippen molar-refractivity contribution >= 4 is 0 Å². The van der Waals surface area contributed by atoms with Gasteiger partial charge in [0.2, 0.25) is 0 Å². The highest BCUT2D eigenvalue weighted by molar-refractivity contribution is 5.14. The SMILES string of the molecule is C1C2CC3CC1CC(C2)C3OCC12CC3CC(COC4C5CC6CC(C5)CC4C6)(C1)CC(COC1C4CC5CC(C4)CC1C5)(C3)C2. The molecule has 0 atom stereocenters. The van der Waals surface area contributed by atoms with Gasteiger partial charge in [-0.25, -0.2) is 0 Å². The Kier molecular flexibility index (Phi) is 6.22. The van der Waals surface area contributed by atoms with E-state index in [1.54, 1.807) is 19.3 Å². The van der Waals surface area contributed by atoms with E-state index in [4.69, 9.17) is 14.2 Å². The zero-order chi connectivity index (χ0) is 29.8. The van der Waals surface area contributed by atoms with Crippen LogP contribution in [0, 0.1) is 93.2 Å². The molecule has 16 bridgehead atoms. The van der Waals surface area contributed by atoms with Gasteiger partial charge in [0.05, 0.1) is 38.1 Å². The predicted octanol–water partition coefficient (Wildman–Crippen LogP) is 9.47. The molecule has 0 heterocycles. The lowest BCUT2D eigenvalue weighted by atomic mass is 9.40. The van der Waals surface area contributed by atoms with Gasteiger partial charge in [0.25, 0.3) is 0 Å². The quantitative estimate of drug-likeness (QED) is 0.255. The van der Waals surface area contributed by atoms with Crippen LogP contribution in [-0.2, 0) is 14.2 Å². The van der Waals surface area contributed by atoms with E-state index >= 15 is 0 Å². The molecule has 254 valence electrons. The van der Waals surface area contributed by atoms with E-state index in [-0.39, 0.29) is 0 Å². The van der Waals surface area contributed by atoms with Gasteiger partial charge in [-0.3, -0.25) is 0 Å². The average molecular weight is 629 g/mol. The standard InChI is InChI=1S/C43H64O3/c1-25-4-32-6-26(1)7-33(5-25)38(32)44-22-41-16-31-17-42(19-41,23-45-39-34-8-27-2-28(10-34)11-35(39)9-27)21-43(18-31,20-41)24-46-40-36-12-29-3-30(14-36)15-37(40)13-29/h25-40H,1-24H2. The molecule has 3 nitrogen and oxygen atoms in total. The molecule has 16 saturated carbocycles. The Labute approximate surface area is 279 Å². The van der Waals surface area contributed by atoms with E-state index < -0.39 is 0 Å². The molecule has 16 rings (SSSR count). The van der Waals surface area contributed by atoms with Crippen LogP contribution in [0.25, 0.3) is 0 Å². The van der Waals surface area contributed by atoms with Gasteiger partial charge >= 0.3 is 0 Å². The minimum Gasteiger partial charge on any atom is -0.377 e. The van der Waals surface area contributed by atoms with Gasteiger partial charge in [0.1, 0.15) is 0 Å². The van der Waals surface area contributed by atoms with Gasteiger partial charge in [-0.15, -0.1) is 0 Å². The zero-order valence-electron chi connectivity index (χ0n) is 28.9. The molecule has 0 radical (unpaired) electrons. The van der Waals surface area contributed by atoms with E-state index in [0.29, 0.717) is 34.6 Å². The maximum absolute atomic E-state index is 7.36. The lowest BCUT2D eigenvalue weighted by Crippen LogP contribution is -2.62. The molecule has 0 aromatic rings. The number of ether oxygens (including phenoxy) is 3. The summed E-state index contributed by atoms with van der Waals surface area (Å²) in [6, 6.07) is 0. The Morgan fingerprint density at radius 2 is 0.543 bits per heavy atom. The minimum atomic E-state index is 0.384. The summed E-state index contributed by atoms with van der Waals surface area (Å²) in [7, 11) is 0. The van der Waals surface area contributed by atoms with E-state index in [9.17, 15) is 0 Å². The molecule has 0 aromatic carbocycles. The van der Waals surface area contributed by atoms with E-state index in [0.717, 1.165) is 96.8 Å². The smallest absolute Gasteiger partial charge is 0.0632 e. The zero-order valence-corrected chi connectivity index (χ0v) is 28.9. The monoisotopic (exact) mass is 628 g/mol. The van der Waals surface area contributed by atoms with E-state index in [1.807, 2.05) is 0 Å². The summed E-state index contributed by atoms with van der Waals surface area (Å²) in [6.07, 6.45) is 32.8. The van der Waals surface area contributed by atoms with Gasteiger partial charge in [-0.05, 0) is 228 Å². The Morgan fingerprint density at radius 3 is 0.783 bits per heavy atom. The van der Waals surface area contributed by atoms with Crippen molar-refractivity contribution in [3.8, 4) is 0 Å². The van der Waals surface area contributed by atoms with Gasteiger partial charge in [-0.1, -0.05) is 0 Å². The summed E-state index contributed by atoms with van der Waals surface area (Å²) in [5, 5.41) is 0. The Balaban J connectivity index is 0.805. The van der Waals surface area contributed by atoms with Crippen LogP contribution in [0.15, 0.2) is 0 Å². The first-order valence-corrected chi connectivity index (χ1v) is 21.3. The highest BCUT2D eigenvalue weighted by Crippen LogP contribution is 2.71. The van der Waals surface area contributed by atoms with Crippen molar-refractivity contribution in [2.24, 2.45) is 93.2 Å². The third kappa shape index (κ3) is 4.43. The minimum absolute atomic E-state index is 0.384. The third-order valence-electron chi connectivity index (χ3n) is 18.6. The number of hydrogen-bond donors (Lipinski definition) is 0. The Hall–Kier alpha value is -0.120. The molecule has 16 aliphatic rings. The van der Waals surface area contributed by atoms with Crippen molar-refractivity contribution in [3.05, 3.63) is 0 Å². The van der Waals surface area contributed by atoms with E-state index in [1.165, 1.54) is 116 Å². The lowest BCUT2D eigenvalue weighted by molar-refractivity contribution is -0.246. The molecule has 0 saturated heterocycles. The van der Waals surface area contributed by atoms with Crippen LogP contribution in [0.5, 0.6) is 0 Å². The van der Waals surface area contributed by atoms with Crippen LogP contribution in [0.3, 0.4) is 0 Å². The molecular weight excluding hydrogens is 564 g/mol. The molecular formula is C43H64O3. The van der Waals surface area contributed by atoms with E-state index in [2.05, 4.69) is 0 Å². The van der Waals surface area contributed by atoms with Crippen molar-refractivity contribution < 1.29 is 14.2 Å². The molecule has 0 unspecified atom stereocenters. The molecule has 0 spiro atoms. The largest absolute Gasteiger partial charge is 0.377 e. The molecule has 0 amide bonds. The van der Waals surface area contributed by atoms with Gasteiger partial charge in [-0.2, -0.15) is 0 Å². The van der Waals surface area contributed by atoms with Crippen molar-refractivity contribution in [1.29, 1.82) is 0 Å². The van der Waals surface area contributed by atoms with Gasteiger partial charge < -0.3 is 14.2 Å². The maximum Gasteiger partial charge on any atom is 0.0632 e. The van der Waals surface area contributed by atoms with Crippen LogP contribution in [0.1, 0.15) is 135 Å². The molecule has 16 aliphatic carbocycles. The fourth-order valence-corrected chi connectivity index (χ4v) is 18.8. The lowest BCUT2D eigenvalue weighted by Gasteiger charge is -2.67. The second-order valence-corrected chi connectivity index (χ2v) is 22.1. The highest BCUT2D eigenvalue weighted by Gasteiger charge is 2.65. The second kappa shape index (κ2) is 10.0. The van der Waals surface area contributed by atoms with Crippen LogP contribution in [0.2, 0.25) is 0 Å². The van der Waals surface area contributed by atoms with Crippen molar-refractivity contribution in [2.75, 3.05) is 19.8 Å². The third-order valence-corrected chi connectivity index (χ3v) is 18.6. The Bertz CT molecular complexity index is 983. The van der Waals surface area contributed by atoms with Gasteiger partial charge in [0.15, 0.2) is 0 Å². The first-order chi connectivity index (χ1) is 22.4.